The molecular weight excluding hydrogens is 356 g/mol. The number of piperidine rings is 1. The van der Waals surface area contributed by atoms with E-state index in [9.17, 15) is 4.79 Å². The van der Waals surface area contributed by atoms with Gasteiger partial charge in [-0.25, -0.2) is 9.97 Å². The Morgan fingerprint density at radius 3 is 2.93 bits per heavy atom. The van der Waals surface area contributed by atoms with E-state index >= 15 is 0 Å². The maximum absolute atomic E-state index is 12.8. The van der Waals surface area contributed by atoms with E-state index in [4.69, 9.17) is 10.5 Å². The van der Waals surface area contributed by atoms with Gasteiger partial charge in [-0.3, -0.25) is 9.89 Å². The molecule has 1 aliphatic heterocycles. The summed E-state index contributed by atoms with van der Waals surface area (Å²) in [5.74, 6) is 2.26. The zero-order chi connectivity index (χ0) is 19.3. The standard InChI is InChI=1S/C20H22N6O2/c21-17-12-14(9-10-22-17)19-23-20(25-24-19)16-8-4-5-11-26(16)18(27)13-28-15-6-2-1-3-7-15/h1-3,6-7,9-10,12,16H,4-5,8,11,13H2,(H2,21,22)(H,23,24,25). The number of carbonyl (C=O) groups excluding carboxylic acids is 1. The Hall–Kier alpha value is -3.42. The van der Waals surface area contributed by atoms with E-state index in [2.05, 4.69) is 20.2 Å². The highest BCUT2D eigenvalue weighted by molar-refractivity contribution is 5.78. The molecule has 0 radical (unpaired) electrons. The topological polar surface area (TPSA) is 110 Å². The summed E-state index contributed by atoms with van der Waals surface area (Å²) in [6.07, 6.45) is 4.46. The van der Waals surface area contributed by atoms with Gasteiger partial charge in [0.05, 0.1) is 6.04 Å². The van der Waals surface area contributed by atoms with Gasteiger partial charge in [0.2, 0.25) is 0 Å². The third-order valence-electron chi connectivity index (χ3n) is 4.79. The van der Waals surface area contributed by atoms with Crippen molar-refractivity contribution in [2.75, 3.05) is 18.9 Å². The molecule has 1 amide bonds. The number of ether oxygens (including phenoxy) is 1. The van der Waals surface area contributed by atoms with Crippen molar-refractivity contribution < 1.29 is 9.53 Å². The van der Waals surface area contributed by atoms with E-state index in [1.165, 1.54) is 0 Å². The zero-order valence-corrected chi connectivity index (χ0v) is 15.4. The van der Waals surface area contributed by atoms with Gasteiger partial charge < -0.3 is 15.4 Å². The van der Waals surface area contributed by atoms with Crippen molar-refractivity contribution in [3.63, 3.8) is 0 Å². The monoisotopic (exact) mass is 378 g/mol. The molecular formula is C20H22N6O2. The lowest BCUT2D eigenvalue weighted by Crippen LogP contribution is -2.41. The van der Waals surface area contributed by atoms with Crippen molar-refractivity contribution in [1.82, 2.24) is 25.1 Å². The Labute approximate surface area is 162 Å². The number of hydrogen-bond acceptors (Lipinski definition) is 6. The molecule has 1 fully saturated rings. The molecule has 3 aromatic rings. The lowest BCUT2D eigenvalue weighted by atomic mass is 10.0. The van der Waals surface area contributed by atoms with Crippen LogP contribution in [0, 0.1) is 0 Å². The van der Waals surface area contributed by atoms with Crippen LogP contribution in [0.25, 0.3) is 11.4 Å². The summed E-state index contributed by atoms with van der Waals surface area (Å²) in [4.78, 5) is 23.2. The van der Waals surface area contributed by atoms with Gasteiger partial charge >= 0.3 is 0 Å². The Bertz CT molecular complexity index is 943. The Morgan fingerprint density at radius 1 is 1.25 bits per heavy atom. The van der Waals surface area contributed by atoms with Gasteiger partial charge in [-0.05, 0) is 43.5 Å². The number of aromatic nitrogens is 4. The highest BCUT2D eigenvalue weighted by Crippen LogP contribution is 2.30. The molecule has 2 aromatic heterocycles. The number of hydrogen-bond donors (Lipinski definition) is 2. The van der Waals surface area contributed by atoms with Crippen LogP contribution in [0.1, 0.15) is 31.1 Å². The molecule has 1 aliphatic rings. The first-order chi connectivity index (χ1) is 13.7. The fourth-order valence-electron chi connectivity index (χ4n) is 3.40. The van der Waals surface area contributed by atoms with Gasteiger partial charge in [0, 0.05) is 18.3 Å². The van der Waals surface area contributed by atoms with E-state index < -0.39 is 0 Å². The van der Waals surface area contributed by atoms with Gasteiger partial charge in [-0.1, -0.05) is 18.2 Å². The molecule has 1 unspecified atom stereocenters. The van der Waals surface area contributed by atoms with Crippen LogP contribution in [-0.4, -0.2) is 44.1 Å². The average Bonchev–Trinajstić information content (AvgIpc) is 3.23. The van der Waals surface area contributed by atoms with Gasteiger partial charge in [-0.2, -0.15) is 5.10 Å². The number of rotatable bonds is 5. The van der Waals surface area contributed by atoms with E-state index in [1.54, 1.807) is 18.3 Å². The number of pyridine rings is 1. The number of nitrogens with two attached hydrogens (primary N) is 1. The SMILES string of the molecule is Nc1cc(-c2n[nH]c(C3CCCCN3C(=O)COc3ccccc3)n2)ccn1. The first kappa shape index (κ1) is 18.0. The molecule has 8 heteroatoms. The predicted octanol–water partition coefficient (Wildman–Crippen LogP) is 2.58. The Morgan fingerprint density at radius 2 is 2.11 bits per heavy atom. The van der Waals surface area contributed by atoms with E-state index in [0.717, 1.165) is 24.8 Å². The number of nitrogens with one attached hydrogen (secondary N) is 1. The number of para-hydroxylation sites is 1. The molecule has 4 rings (SSSR count). The minimum absolute atomic E-state index is 0.00238. The summed E-state index contributed by atoms with van der Waals surface area (Å²) in [5.41, 5.74) is 6.53. The summed E-state index contributed by atoms with van der Waals surface area (Å²) in [6.45, 7) is 0.683. The Balaban J connectivity index is 1.48. The van der Waals surface area contributed by atoms with E-state index in [0.29, 0.717) is 29.8 Å². The highest BCUT2D eigenvalue weighted by atomic mass is 16.5. The minimum Gasteiger partial charge on any atom is -0.484 e. The first-order valence-electron chi connectivity index (χ1n) is 9.32. The largest absolute Gasteiger partial charge is 0.484 e. The molecule has 1 aromatic carbocycles. The fourth-order valence-corrected chi connectivity index (χ4v) is 3.40. The molecule has 8 nitrogen and oxygen atoms in total. The van der Waals surface area contributed by atoms with Crippen molar-refractivity contribution in [2.45, 2.75) is 25.3 Å². The first-order valence-corrected chi connectivity index (χ1v) is 9.32. The third kappa shape index (κ3) is 3.95. The number of likely N-dealkylation sites (tertiary alicyclic amines) is 1. The summed E-state index contributed by atoms with van der Waals surface area (Å²) < 4.78 is 5.63. The van der Waals surface area contributed by atoms with Gasteiger partial charge in [-0.15, -0.1) is 0 Å². The number of anilines is 1. The average molecular weight is 378 g/mol. The van der Waals surface area contributed by atoms with Crippen LogP contribution in [0.2, 0.25) is 0 Å². The number of carbonyl (C=O) groups is 1. The number of nitrogens with zero attached hydrogens (tertiary/aromatic N) is 4. The predicted molar refractivity (Wildman–Crippen MR) is 104 cm³/mol. The molecule has 144 valence electrons. The van der Waals surface area contributed by atoms with Crippen LogP contribution in [0.3, 0.4) is 0 Å². The fraction of sp³-hybridized carbons (Fsp3) is 0.300. The van der Waals surface area contributed by atoms with Gasteiger partial charge in [0.15, 0.2) is 12.4 Å². The lowest BCUT2D eigenvalue weighted by Gasteiger charge is -2.34. The maximum Gasteiger partial charge on any atom is 0.261 e. The van der Waals surface area contributed by atoms with Crippen molar-refractivity contribution in [1.29, 1.82) is 0 Å². The zero-order valence-electron chi connectivity index (χ0n) is 15.4. The molecule has 3 N–H and O–H groups in total. The normalized spacial score (nSPS) is 16.7. The third-order valence-corrected chi connectivity index (χ3v) is 4.79. The minimum atomic E-state index is -0.138. The van der Waals surface area contributed by atoms with Crippen LogP contribution in [-0.2, 0) is 4.79 Å². The molecule has 0 bridgehead atoms. The second kappa shape index (κ2) is 8.08. The lowest BCUT2D eigenvalue weighted by molar-refractivity contribution is -0.137. The smallest absolute Gasteiger partial charge is 0.261 e. The van der Waals surface area contributed by atoms with Crippen LogP contribution >= 0.6 is 0 Å². The molecule has 0 aliphatic carbocycles. The number of H-pyrrole nitrogens is 1. The number of benzene rings is 1. The van der Waals surface area contributed by atoms with Crippen molar-refractivity contribution >= 4 is 11.7 Å². The molecule has 0 spiro atoms. The maximum atomic E-state index is 12.8. The second-order valence-electron chi connectivity index (χ2n) is 6.71. The van der Waals surface area contributed by atoms with Crippen LogP contribution < -0.4 is 10.5 Å². The van der Waals surface area contributed by atoms with Crippen LogP contribution in [0.4, 0.5) is 5.82 Å². The van der Waals surface area contributed by atoms with Gasteiger partial charge in [0.1, 0.15) is 17.4 Å². The number of amides is 1. The van der Waals surface area contributed by atoms with Gasteiger partial charge in [0.25, 0.3) is 5.91 Å². The number of aromatic amines is 1. The second-order valence-corrected chi connectivity index (χ2v) is 6.71. The number of nitrogen functional groups attached to an aromatic ring is 1. The van der Waals surface area contributed by atoms with Crippen LogP contribution in [0.5, 0.6) is 5.75 Å². The molecule has 0 saturated carbocycles. The summed E-state index contributed by atoms with van der Waals surface area (Å²) in [6, 6.07) is 12.7. The quantitative estimate of drug-likeness (QED) is 0.706. The molecule has 28 heavy (non-hydrogen) atoms. The highest BCUT2D eigenvalue weighted by Gasteiger charge is 2.30. The Kier molecular flexibility index (Phi) is 5.18. The molecule has 1 saturated heterocycles. The van der Waals surface area contributed by atoms with E-state index in [-0.39, 0.29) is 18.6 Å². The van der Waals surface area contributed by atoms with Crippen molar-refractivity contribution in [3.05, 3.63) is 54.5 Å². The summed E-state index contributed by atoms with van der Waals surface area (Å²) >= 11 is 0. The van der Waals surface area contributed by atoms with Crippen molar-refractivity contribution in [3.8, 4) is 17.1 Å². The molecule has 1 atom stereocenters. The summed E-state index contributed by atoms with van der Waals surface area (Å²) in [7, 11) is 0. The summed E-state index contributed by atoms with van der Waals surface area (Å²) in [5, 5.41) is 7.30. The molecule has 3 heterocycles. The van der Waals surface area contributed by atoms with E-state index in [1.807, 2.05) is 35.2 Å². The van der Waals surface area contributed by atoms with Crippen LogP contribution in [0.15, 0.2) is 48.7 Å². The van der Waals surface area contributed by atoms with Crippen molar-refractivity contribution in [2.24, 2.45) is 0 Å².